The highest BCUT2D eigenvalue weighted by Crippen LogP contribution is 2.24. The van der Waals surface area contributed by atoms with Crippen LogP contribution in [0.5, 0.6) is 0 Å². The van der Waals surface area contributed by atoms with E-state index in [0.717, 1.165) is 5.56 Å². The van der Waals surface area contributed by atoms with Gasteiger partial charge >= 0.3 is 0 Å². The van der Waals surface area contributed by atoms with Crippen molar-refractivity contribution in [2.75, 3.05) is 11.1 Å². The molecule has 2 aromatic carbocycles. The number of tetrazole rings is 1. The Balaban J connectivity index is 1.67. The zero-order valence-corrected chi connectivity index (χ0v) is 18.2. The summed E-state index contributed by atoms with van der Waals surface area (Å²) in [5, 5.41) is 17.8. The van der Waals surface area contributed by atoms with Crippen molar-refractivity contribution in [3.8, 4) is 5.69 Å². The Kier molecular flexibility index (Phi) is 7.35. The van der Waals surface area contributed by atoms with Crippen LogP contribution in [0.1, 0.15) is 32.4 Å². The molecule has 0 aliphatic carbocycles. The van der Waals surface area contributed by atoms with Gasteiger partial charge in [0.05, 0.1) is 17.5 Å². The van der Waals surface area contributed by atoms with Crippen molar-refractivity contribution in [1.29, 1.82) is 0 Å². The molecule has 2 amide bonds. The van der Waals surface area contributed by atoms with E-state index in [2.05, 4.69) is 26.2 Å². The molecule has 0 bridgehead atoms. The Morgan fingerprint density at radius 2 is 1.90 bits per heavy atom. The van der Waals surface area contributed by atoms with Gasteiger partial charge in [-0.05, 0) is 52.2 Å². The van der Waals surface area contributed by atoms with Crippen LogP contribution in [0, 0.1) is 11.7 Å². The maximum atomic E-state index is 13.2. The highest BCUT2D eigenvalue weighted by Gasteiger charge is 2.19. The van der Waals surface area contributed by atoms with Crippen LogP contribution in [-0.2, 0) is 9.59 Å². The van der Waals surface area contributed by atoms with Gasteiger partial charge in [-0.1, -0.05) is 43.8 Å². The van der Waals surface area contributed by atoms with Crippen LogP contribution in [0.2, 0.25) is 0 Å². The number of halogens is 1. The predicted molar refractivity (Wildman–Crippen MR) is 116 cm³/mol. The van der Waals surface area contributed by atoms with Gasteiger partial charge < -0.3 is 10.6 Å². The lowest BCUT2D eigenvalue weighted by Crippen LogP contribution is -2.33. The summed E-state index contributed by atoms with van der Waals surface area (Å²) in [6.07, 6.45) is 0. The second-order valence-corrected chi connectivity index (χ2v) is 8.18. The van der Waals surface area contributed by atoms with Crippen molar-refractivity contribution >= 4 is 29.3 Å². The molecule has 0 saturated heterocycles. The smallest absolute Gasteiger partial charge is 0.230 e. The second kappa shape index (κ2) is 10.2. The summed E-state index contributed by atoms with van der Waals surface area (Å²) >= 11 is 1.20. The predicted octanol–water partition coefficient (Wildman–Crippen LogP) is 3.37. The summed E-state index contributed by atoms with van der Waals surface area (Å²) in [7, 11) is 0. The first-order valence-electron chi connectivity index (χ1n) is 9.67. The average Bonchev–Trinajstić information content (AvgIpc) is 3.19. The molecule has 0 spiro atoms. The topological polar surface area (TPSA) is 102 Å². The fourth-order valence-electron chi connectivity index (χ4n) is 3.00. The van der Waals surface area contributed by atoms with Gasteiger partial charge in [0.1, 0.15) is 5.82 Å². The molecule has 3 rings (SSSR count). The third kappa shape index (κ3) is 6.11. The molecule has 1 aromatic heterocycles. The average molecular weight is 443 g/mol. The third-order valence-corrected chi connectivity index (χ3v) is 5.32. The number of hydrogen-bond donors (Lipinski definition) is 2. The van der Waals surface area contributed by atoms with Crippen molar-refractivity contribution in [2.24, 2.45) is 5.92 Å². The van der Waals surface area contributed by atoms with Crippen LogP contribution in [-0.4, -0.2) is 37.8 Å². The van der Waals surface area contributed by atoms with E-state index < -0.39 is 0 Å². The minimum Gasteiger partial charge on any atom is -0.348 e. The Morgan fingerprint density at radius 1 is 1.16 bits per heavy atom. The number of aromatic nitrogens is 4. The number of amides is 2. The zero-order chi connectivity index (χ0) is 22.4. The minimum atomic E-state index is -0.317. The molecule has 1 heterocycles. The Hall–Kier alpha value is -3.27. The summed E-state index contributed by atoms with van der Waals surface area (Å²) in [6, 6.07) is 13.0. The van der Waals surface area contributed by atoms with E-state index in [1.54, 1.807) is 36.4 Å². The summed E-state index contributed by atoms with van der Waals surface area (Å²) in [5.41, 5.74) is 2.12. The lowest BCUT2D eigenvalue weighted by molar-refractivity contribution is -0.119. The number of nitrogens with one attached hydrogen (secondary N) is 2. The van der Waals surface area contributed by atoms with Gasteiger partial charge in [-0.25, -0.2) is 4.39 Å². The lowest BCUT2D eigenvalue weighted by atomic mass is 9.96. The largest absolute Gasteiger partial charge is 0.348 e. The molecular formula is C21H23FN6O2S. The van der Waals surface area contributed by atoms with Crippen molar-refractivity contribution in [1.82, 2.24) is 25.5 Å². The van der Waals surface area contributed by atoms with Crippen LogP contribution >= 0.6 is 11.8 Å². The summed E-state index contributed by atoms with van der Waals surface area (Å²) in [5.74, 6) is -0.449. The van der Waals surface area contributed by atoms with Gasteiger partial charge in [0.2, 0.25) is 17.0 Å². The maximum absolute atomic E-state index is 13.2. The van der Waals surface area contributed by atoms with Crippen LogP contribution < -0.4 is 10.6 Å². The summed E-state index contributed by atoms with van der Waals surface area (Å²) in [6.45, 7) is 5.41. The van der Waals surface area contributed by atoms with Gasteiger partial charge in [-0.15, -0.1) is 5.10 Å². The maximum Gasteiger partial charge on any atom is 0.230 e. The van der Waals surface area contributed by atoms with Gasteiger partial charge in [0.15, 0.2) is 0 Å². The Labute approximate surface area is 183 Å². The first-order chi connectivity index (χ1) is 14.8. The molecule has 1 atom stereocenters. The molecule has 0 saturated carbocycles. The van der Waals surface area contributed by atoms with Gasteiger partial charge in [0.25, 0.3) is 0 Å². The molecule has 10 heteroatoms. The van der Waals surface area contributed by atoms with Crippen LogP contribution in [0.15, 0.2) is 53.7 Å². The highest BCUT2D eigenvalue weighted by atomic mass is 32.2. The van der Waals surface area contributed by atoms with Crippen LogP contribution in [0.3, 0.4) is 0 Å². The molecule has 2 N–H and O–H groups in total. The molecule has 0 fully saturated rings. The van der Waals surface area contributed by atoms with E-state index in [0.29, 0.717) is 16.5 Å². The van der Waals surface area contributed by atoms with Crippen LogP contribution in [0.25, 0.3) is 5.69 Å². The minimum absolute atomic E-state index is 0.107. The molecule has 0 aliphatic rings. The zero-order valence-electron chi connectivity index (χ0n) is 17.4. The van der Waals surface area contributed by atoms with Crippen molar-refractivity contribution in [2.45, 2.75) is 32.0 Å². The van der Waals surface area contributed by atoms with E-state index in [9.17, 15) is 14.0 Å². The van der Waals surface area contributed by atoms with Gasteiger partial charge in [-0.3, -0.25) is 9.59 Å². The van der Waals surface area contributed by atoms with Crippen LogP contribution in [0.4, 0.5) is 10.1 Å². The number of carbonyl (C=O) groups excluding carboxylic acids is 2. The second-order valence-electron chi connectivity index (χ2n) is 7.23. The normalized spacial score (nSPS) is 11.9. The molecule has 8 nitrogen and oxygen atoms in total. The van der Waals surface area contributed by atoms with Gasteiger partial charge in [0, 0.05) is 12.6 Å². The number of thioether (sulfide) groups is 1. The number of hydrogen-bond acceptors (Lipinski definition) is 6. The van der Waals surface area contributed by atoms with E-state index in [-0.39, 0.29) is 35.3 Å². The first kappa shape index (κ1) is 22.4. The van der Waals surface area contributed by atoms with Crippen molar-refractivity contribution in [3.05, 3.63) is 59.9 Å². The number of carbonyl (C=O) groups is 2. The van der Waals surface area contributed by atoms with Crippen molar-refractivity contribution in [3.63, 3.8) is 0 Å². The van der Waals surface area contributed by atoms with E-state index in [4.69, 9.17) is 0 Å². The quantitative estimate of drug-likeness (QED) is 0.519. The lowest BCUT2D eigenvalue weighted by Gasteiger charge is -2.23. The molecule has 0 aliphatic heterocycles. The number of benzene rings is 2. The SMILES string of the molecule is CC(=O)Nc1cccc(-n2nnnc2SCC(=O)NC(c2ccc(F)cc2)C(C)C)c1. The third-order valence-electron chi connectivity index (χ3n) is 4.40. The fourth-order valence-corrected chi connectivity index (χ4v) is 3.70. The molecular weight excluding hydrogens is 419 g/mol. The highest BCUT2D eigenvalue weighted by molar-refractivity contribution is 7.99. The van der Waals surface area contributed by atoms with E-state index in [1.165, 1.54) is 35.5 Å². The Bertz CT molecular complexity index is 1050. The molecule has 1 unspecified atom stereocenters. The van der Waals surface area contributed by atoms with Gasteiger partial charge in [-0.2, -0.15) is 4.68 Å². The molecule has 162 valence electrons. The molecule has 0 radical (unpaired) electrons. The van der Waals surface area contributed by atoms with Crippen molar-refractivity contribution < 1.29 is 14.0 Å². The van der Waals surface area contributed by atoms with E-state index in [1.807, 2.05) is 13.8 Å². The first-order valence-corrected chi connectivity index (χ1v) is 10.7. The summed E-state index contributed by atoms with van der Waals surface area (Å²) < 4.78 is 14.7. The van der Waals surface area contributed by atoms with E-state index >= 15 is 0 Å². The fraction of sp³-hybridized carbons (Fsp3) is 0.286. The molecule has 31 heavy (non-hydrogen) atoms. The number of nitrogens with zero attached hydrogens (tertiary/aromatic N) is 4. The standard InChI is InChI=1S/C21H23FN6O2S/c1-13(2)20(15-7-9-16(22)10-8-15)24-19(30)12-31-21-25-26-27-28(21)18-6-4-5-17(11-18)23-14(3)29/h4-11,13,20H,12H2,1-3H3,(H,23,29)(H,24,30). The molecule has 3 aromatic rings. The monoisotopic (exact) mass is 442 g/mol. The summed E-state index contributed by atoms with van der Waals surface area (Å²) in [4.78, 5) is 23.9. The number of rotatable bonds is 8. The number of anilines is 1. The Morgan fingerprint density at radius 3 is 2.58 bits per heavy atom.